The standard InChI is InChI=1S/C25H25FN6O/c1-14-17(26)4-2-5-18(14)31-21-19-22(25(13-30-24(19)33)8-3-9-27-12-25)32-20(21)15-6-10-28-23-16(15)7-11-29-23/h2,4-7,10-11,27,31-32H,3,8-9,12-13H2,1H3,(H,28,29)(H,30,33). The van der Waals surface area contributed by atoms with Crippen LogP contribution >= 0.6 is 0 Å². The largest absolute Gasteiger partial charge is 0.355 e. The lowest BCUT2D eigenvalue weighted by Gasteiger charge is -2.40. The number of hydrogen-bond donors (Lipinski definition) is 5. The van der Waals surface area contributed by atoms with Gasteiger partial charge in [-0.1, -0.05) is 6.07 Å². The third kappa shape index (κ3) is 3.05. The number of amides is 1. The molecule has 6 rings (SSSR count). The SMILES string of the molecule is Cc1c(F)cccc1Nc1c(-c2ccnc3[nH]ccc23)[nH]c2c1C(=O)NCC21CCCNC1. The number of anilines is 2. The maximum Gasteiger partial charge on any atom is 0.255 e. The molecule has 0 saturated carbocycles. The number of fused-ring (bicyclic) bond motifs is 3. The molecule has 7 nitrogen and oxygen atoms in total. The van der Waals surface area contributed by atoms with E-state index in [4.69, 9.17) is 0 Å². The van der Waals surface area contributed by atoms with Crippen LogP contribution in [0.25, 0.3) is 22.3 Å². The van der Waals surface area contributed by atoms with Crippen LogP contribution in [0.1, 0.15) is 34.5 Å². The zero-order valence-corrected chi connectivity index (χ0v) is 18.3. The van der Waals surface area contributed by atoms with Gasteiger partial charge in [0.15, 0.2) is 0 Å². The Labute approximate surface area is 190 Å². The topological polar surface area (TPSA) is 97.6 Å². The van der Waals surface area contributed by atoms with Crippen molar-refractivity contribution in [2.24, 2.45) is 0 Å². The Bertz CT molecular complexity index is 1380. The van der Waals surface area contributed by atoms with Crippen LogP contribution in [-0.4, -0.2) is 40.5 Å². The Morgan fingerprint density at radius 1 is 1.18 bits per heavy atom. The Hall–Kier alpha value is -3.65. The average molecular weight is 445 g/mol. The van der Waals surface area contributed by atoms with E-state index in [0.717, 1.165) is 53.9 Å². The number of nitrogens with zero attached hydrogens (tertiary/aromatic N) is 1. The van der Waals surface area contributed by atoms with Gasteiger partial charge >= 0.3 is 0 Å². The fourth-order valence-corrected chi connectivity index (χ4v) is 5.27. The van der Waals surface area contributed by atoms with Crippen molar-refractivity contribution >= 4 is 28.3 Å². The third-order valence-electron chi connectivity index (χ3n) is 7.07. The molecule has 1 amide bonds. The van der Waals surface area contributed by atoms with Crippen LogP contribution in [0.4, 0.5) is 15.8 Å². The minimum absolute atomic E-state index is 0.125. The van der Waals surface area contributed by atoms with Gasteiger partial charge < -0.3 is 25.9 Å². The summed E-state index contributed by atoms with van der Waals surface area (Å²) in [6.45, 7) is 4.08. The molecule has 1 aromatic carbocycles. The fraction of sp³-hybridized carbons (Fsp3) is 0.280. The van der Waals surface area contributed by atoms with Gasteiger partial charge in [-0.25, -0.2) is 9.37 Å². The van der Waals surface area contributed by atoms with Gasteiger partial charge in [-0.05, 0) is 50.6 Å². The van der Waals surface area contributed by atoms with E-state index < -0.39 is 0 Å². The summed E-state index contributed by atoms with van der Waals surface area (Å²) >= 11 is 0. The van der Waals surface area contributed by atoms with Crippen molar-refractivity contribution in [3.8, 4) is 11.3 Å². The number of H-pyrrole nitrogens is 2. The Kier molecular flexibility index (Phi) is 4.51. The highest BCUT2D eigenvalue weighted by atomic mass is 19.1. The molecule has 2 aliphatic heterocycles. The molecule has 3 aromatic heterocycles. The lowest BCUT2D eigenvalue weighted by atomic mass is 9.74. The molecule has 1 fully saturated rings. The van der Waals surface area contributed by atoms with Crippen LogP contribution in [0.2, 0.25) is 0 Å². The molecule has 2 aliphatic rings. The van der Waals surface area contributed by atoms with Gasteiger partial charge in [0, 0.05) is 58.8 Å². The van der Waals surface area contributed by atoms with Gasteiger partial charge in [0.1, 0.15) is 11.5 Å². The number of hydrogen-bond acceptors (Lipinski definition) is 4. The van der Waals surface area contributed by atoms with Crippen LogP contribution in [0, 0.1) is 12.7 Å². The molecule has 5 heterocycles. The van der Waals surface area contributed by atoms with Crippen molar-refractivity contribution in [3.63, 3.8) is 0 Å². The minimum atomic E-state index is -0.291. The molecule has 33 heavy (non-hydrogen) atoms. The average Bonchev–Trinajstić information content (AvgIpc) is 3.46. The number of carbonyl (C=O) groups is 1. The van der Waals surface area contributed by atoms with Crippen molar-refractivity contribution in [1.82, 2.24) is 25.6 Å². The molecule has 0 bridgehead atoms. The molecule has 0 aliphatic carbocycles. The minimum Gasteiger partial charge on any atom is -0.355 e. The van der Waals surface area contributed by atoms with E-state index in [1.54, 1.807) is 19.2 Å². The summed E-state index contributed by atoms with van der Waals surface area (Å²) in [6.07, 6.45) is 5.62. The summed E-state index contributed by atoms with van der Waals surface area (Å²) in [6, 6.07) is 8.87. The molecule has 1 saturated heterocycles. The molecule has 1 atom stereocenters. The second kappa shape index (κ2) is 7.45. The number of carbonyl (C=O) groups excluding carboxylic acids is 1. The number of aromatic nitrogens is 3. The van der Waals surface area contributed by atoms with Crippen LogP contribution in [0.5, 0.6) is 0 Å². The van der Waals surface area contributed by atoms with Crippen LogP contribution < -0.4 is 16.0 Å². The summed E-state index contributed by atoms with van der Waals surface area (Å²) in [5.41, 5.74) is 5.63. The molecule has 1 spiro atoms. The summed E-state index contributed by atoms with van der Waals surface area (Å²) in [5.74, 6) is -0.417. The van der Waals surface area contributed by atoms with Crippen molar-refractivity contribution in [2.75, 3.05) is 25.0 Å². The molecular formula is C25H25FN6O. The quantitative estimate of drug-likeness (QED) is 0.328. The first-order chi connectivity index (χ1) is 16.1. The highest BCUT2D eigenvalue weighted by molar-refractivity contribution is 6.09. The van der Waals surface area contributed by atoms with Gasteiger partial charge in [-0.15, -0.1) is 0 Å². The second-order valence-corrected chi connectivity index (χ2v) is 9.00. The van der Waals surface area contributed by atoms with Crippen LogP contribution in [0.3, 0.4) is 0 Å². The van der Waals surface area contributed by atoms with Gasteiger partial charge in [0.2, 0.25) is 0 Å². The van der Waals surface area contributed by atoms with Crippen LogP contribution in [0.15, 0.2) is 42.7 Å². The number of piperidine rings is 1. The number of halogens is 1. The van der Waals surface area contributed by atoms with E-state index in [1.165, 1.54) is 6.07 Å². The van der Waals surface area contributed by atoms with E-state index in [2.05, 4.69) is 30.9 Å². The third-order valence-corrected chi connectivity index (χ3v) is 7.07. The monoisotopic (exact) mass is 444 g/mol. The normalized spacial score (nSPS) is 20.1. The Balaban J connectivity index is 1.62. The Morgan fingerprint density at radius 3 is 2.94 bits per heavy atom. The first kappa shape index (κ1) is 20.0. The molecule has 5 N–H and O–H groups in total. The molecule has 0 radical (unpaired) electrons. The van der Waals surface area contributed by atoms with Gasteiger partial charge in [-0.3, -0.25) is 4.79 Å². The summed E-state index contributed by atoms with van der Waals surface area (Å²) < 4.78 is 14.4. The van der Waals surface area contributed by atoms with E-state index in [-0.39, 0.29) is 17.1 Å². The molecule has 8 heteroatoms. The smallest absolute Gasteiger partial charge is 0.255 e. The summed E-state index contributed by atoms with van der Waals surface area (Å²) in [5, 5.41) is 11.0. The zero-order chi connectivity index (χ0) is 22.6. The predicted molar refractivity (Wildman–Crippen MR) is 126 cm³/mol. The Morgan fingerprint density at radius 2 is 2.09 bits per heavy atom. The maximum atomic E-state index is 14.4. The molecular weight excluding hydrogens is 419 g/mol. The lowest BCUT2D eigenvalue weighted by molar-refractivity contribution is 0.0916. The number of benzene rings is 1. The van der Waals surface area contributed by atoms with E-state index in [1.807, 2.05) is 24.4 Å². The number of rotatable bonds is 3. The highest BCUT2D eigenvalue weighted by Gasteiger charge is 2.44. The van der Waals surface area contributed by atoms with E-state index in [9.17, 15) is 9.18 Å². The first-order valence-electron chi connectivity index (χ1n) is 11.3. The highest BCUT2D eigenvalue weighted by Crippen LogP contribution is 2.45. The van der Waals surface area contributed by atoms with Crippen molar-refractivity contribution in [2.45, 2.75) is 25.2 Å². The van der Waals surface area contributed by atoms with Crippen LogP contribution in [-0.2, 0) is 5.41 Å². The number of nitrogens with one attached hydrogen (secondary N) is 5. The van der Waals surface area contributed by atoms with Gasteiger partial charge in [0.05, 0.1) is 16.9 Å². The molecule has 4 aromatic rings. The summed E-state index contributed by atoms with van der Waals surface area (Å²) in [4.78, 5) is 24.5. The van der Waals surface area contributed by atoms with Crippen molar-refractivity contribution in [3.05, 3.63) is 65.4 Å². The maximum absolute atomic E-state index is 14.4. The van der Waals surface area contributed by atoms with Crippen molar-refractivity contribution in [1.29, 1.82) is 0 Å². The lowest BCUT2D eigenvalue weighted by Crippen LogP contribution is -2.54. The molecule has 168 valence electrons. The predicted octanol–water partition coefficient (Wildman–Crippen LogP) is 4.11. The van der Waals surface area contributed by atoms with Crippen molar-refractivity contribution < 1.29 is 9.18 Å². The zero-order valence-electron chi connectivity index (χ0n) is 18.3. The number of aromatic amines is 2. The summed E-state index contributed by atoms with van der Waals surface area (Å²) in [7, 11) is 0. The van der Waals surface area contributed by atoms with E-state index >= 15 is 0 Å². The second-order valence-electron chi connectivity index (χ2n) is 9.00. The van der Waals surface area contributed by atoms with Gasteiger partial charge in [0.25, 0.3) is 5.91 Å². The fourth-order valence-electron chi connectivity index (χ4n) is 5.27. The van der Waals surface area contributed by atoms with E-state index in [0.29, 0.717) is 29.0 Å². The molecule has 1 unspecified atom stereocenters. The van der Waals surface area contributed by atoms with Gasteiger partial charge in [-0.2, -0.15) is 0 Å². The first-order valence-corrected chi connectivity index (χ1v) is 11.3. The number of pyridine rings is 1.